The highest BCUT2D eigenvalue weighted by molar-refractivity contribution is 8.07. The molecule has 18 heavy (non-hydrogen) atoms. The van der Waals surface area contributed by atoms with Crippen LogP contribution in [0.3, 0.4) is 0 Å². The summed E-state index contributed by atoms with van der Waals surface area (Å²) in [5.41, 5.74) is 0.594. The second-order valence-electron chi connectivity index (χ2n) is 4.08. The minimum atomic E-state index is -0.00360. The first-order valence-corrected chi connectivity index (χ1v) is 8.22. The van der Waals surface area contributed by atoms with Crippen LogP contribution in [0.5, 0.6) is 5.75 Å². The highest BCUT2D eigenvalue weighted by Gasteiger charge is 2.31. The van der Waals surface area contributed by atoms with Gasteiger partial charge in [0.2, 0.25) is 0 Å². The molecule has 1 saturated heterocycles. The predicted molar refractivity (Wildman–Crippen MR) is 80.5 cm³/mol. The van der Waals surface area contributed by atoms with Crippen LogP contribution in [0.25, 0.3) is 0 Å². The zero-order chi connectivity index (χ0) is 13.1. The summed E-state index contributed by atoms with van der Waals surface area (Å²) in [4.78, 5) is 12.6. The van der Waals surface area contributed by atoms with Gasteiger partial charge in [-0.1, -0.05) is 18.5 Å². The Hall–Kier alpha value is -0.320. The molecule has 1 aromatic carbocycles. The maximum absolute atomic E-state index is 12.6. The van der Waals surface area contributed by atoms with Crippen LogP contribution in [0, 0.1) is 0 Å². The average molecular weight is 303 g/mol. The molecule has 1 heterocycles. The fourth-order valence-electron chi connectivity index (χ4n) is 1.95. The standard InChI is InChI=1S/C13H15ClO2S2/c1-8-13(18-6-5-17-8)12(15)10-7-9(14)3-4-11(10)16-2/h3-4,7-8,13H,5-6H2,1-2H3. The maximum Gasteiger partial charge on any atom is 0.180 e. The Morgan fingerprint density at radius 3 is 2.78 bits per heavy atom. The van der Waals surface area contributed by atoms with E-state index in [-0.39, 0.29) is 11.0 Å². The largest absolute Gasteiger partial charge is 0.496 e. The molecular weight excluding hydrogens is 288 g/mol. The van der Waals surface area contributed by atoms with Crippen LogP contribution in [0.4, 0.5) is 0 Å². The summed E-state index contributed by atoms with van der Waals surface area (Å²) < 4.78 is 5.25. The van der Waals surface area contributed by atoms with Gasteiger partial charge in [0.1, 0.15) is 5.75 Å². The van der Waals surface area contributed by atoms with Crippen LogP contribution < -0.4 is 4.74 Å². The van der Waals surface area contributed by atoms with E-state index >= 15 is 0 Å². The van der Waals surface area contributed by atoms with Crippen molar-refractivity contribution in [3.05, 3.63) is 28.8 Å². The number of rotatable bonds is 3. The van der Waals surface area contributed by atoms with E-state index in [1.165, 1.54) is 0 Å². The van der Waals surface area contributed by atoms with E-state index < -0.39 is 0 Å². The Labute approximate surface area is 121 Å². The van der Waals surface area contributed by atoms with E-state index in [9.17, 15) is 4.79 Å². The summed E-state index contributed by atoms with van der Waals surface area (Å²) in [5, 5.41) is 0.899. The van der Waals surface area contributed by atoms with Crippen molar-refractivity contribution >= 4 is 40.9 Å². The molecule has 1 aliphatic rings. The van der Waals surface area contributed by atoms with Crippen LogP contribution in [-0.2, 0) is 0 Å². The van der Waals surface area contributed by atoms with Crippen LogP contribution in [0.2, 0.25) is 5.02 Å². The van der Waals surface area contributed by atoms with Gasteiger partial charge in [-0.05, 0) is 18.2 Å². The average Bonchev–Trinajstić information content (AvgIpc) is 2.38. The lowest BCUT2D eigenvalue weighted by Gasteiger charge is -2.27. The van der Waals surface area contributed by atoms with Gasteiger partial charge in [0.05, 0.1) is 17.9 Å². The molecule has 2 atom stereocenters. The Bertz CT molecular complexity index is 451. The first kappa shape index (κ1) is 14.1. The van der Waals surface area contributed by atoms with Gasteiger partial charge in [-0.2, -0.15) is 11.8 Å². The van der Waals surface area contributed by atoms with Crippen LogP contribution >= 0.6 is 35.1 Å². The summed E-state index contributed by atoms with van der Waals surface area (Å²) in [6.45, 7) is 2.11. The van der Waals surface area contributed by atoms with Gasteiger partial charge in [0.25, 0.3) is 0 Å². The first-order valence-electron chi connectivity index (χ1n) is 5.74. The summed E-state index contributed by atoms with van der Waals surface area (Å²) in [6, 6.07) is 5.19. The van der Waals surface area contributed by atoms with Gasteiger partial charge in [0.15, 0.2) is 5.78 Å². The maximum atomic E-state index is 12.6. The molecule has 0 bridgehead atoms. The summed E-state index contributed by atoms with van der Waals surface area (Å²) in [7, 11) is 1.58. The highest BCUT2D eigenvalue weighted by atomic mass is 35.5. The Kier molecular flexibility index (Phi) is 4.87. The van der Waals surface area contributed by atoms with E-state index in [1.54, 1.807) is 37.1 Å². The van der Waals surface area contributed by atoms with Gasteiger partial charge in [0, 0.05) is 21.8 Å². The zero-order valence-electron chi connectivity index (χ0n) is 10.3. The summed E-state index contributed by atoms with van der Waals surface area (Å²) in [6.07, 6.45) is 0. The van der Waals surface area contributed by atoms with E-state index in [1.807, 2.05) is 11.8 Å². The number of Topliss-reactive ketones (excluding diaryl/α,β-unsaturated/α-hetero) is 1. The highest BCUT2D eigenvalue weighted by Crippen LogP contribution is 2.35. The number of ether oxygens (including phenoxy) is 1. The lowest BCUT2D eigenvalue weighted by molar-refractivity contribution is 0.0986. The topological polar surface area (TPSA) is 26.3 Å². The fraction of sp³-hybridized carbons (Fsp3) is 0.462. The summed E-state index contributed by atoms with van der Waals surface area (Å²) in [5.74, 6) is 2.86. The third kappa shape index (κ3) is 2.98. The number of ketones is 1. The van der Waals surface area contributed by atoms with Crippen molar-refractivity contribution in [2.45, 2.75) is 17.4 Å². The van der Waals surface area contributed by atoms with E-state index in [2.05, 4.69) is 6.92 Å². The molecule has 5 heteroatoms. The number of benzene rings is 1. The SMILES string of the molecule is COc1ccc(Cl)cc1C(=O)C1SCCSC1C. The molecule has 0 N–H and O–H groups in total. The fourth-order valence-corrected chi connectivity index (χ4v) is 4.83. The Morgan fingerprint density at radius 1 is 1.39 bits per heavy atom. The molecule has 2 unspecified atom stereocenters. The molecule has 0 aliphatic carbocycles. The van der Waals surface area contributed by atoms with E-state index in [4.69, 9.17) is 16.3 Å². The van der Waals surface area contributed by atoms with Gasteiger partial charge in [-0.3, -0.25) is 4.79 Å². The molecule has 0 spiro atoms. The Morgan fingerprint density at radius 2 is 2.11 bits per heavy atom. The monoisotopic (exact) mass is 302 g/mol. The Balaban J connectivity index is 2.29. The summed E-state index contributed by atoms with van der Waals surface area (Å²) >= 11 is 9.56. The first-order chi connectivity index (χ1) is 8.63. The quantitative estimate of drug-likeness (QED) is 0.794. The smallest absolute Gasteiger partial charge is 0.180 e. The third-order valence-electron chi connectivity index (χ3n) is 2.87. The molecule has 2 rings (SSSR count). The zero-order valence-corrected chi connectivity index (χ0v) is 12.7. The molecular formula is C13H15ClO2S2. The minimum Gasteiger partial charge on any atom is -0.496 e. The van der Waals surface area contributed by atoms with Crippen molar-refractivity contribution < 1.29 is 9.53 Å². The number of carbonyl (C=O) groups is 1. The second kappa shape index (κ2) is 6.22. The van der Waals surface area contributed by atoms with Crippen molar-refractivity contribution in [1.82, 2.24) is 0 Å². The van der Waals surface area contributed by atoms with Gasteiger partial charge in [-0.25, -0.2) is 0 Å². The second-order valence-corrected chi connectivity index (χ2v) is 7.25. The lowest BCUT2D eigenvalue weighted by Crippen LogP contribution is -2.31. The van der Waals surface area contributed by atoms with Crippen molar-refractivity contribution in [2.75, 3.05) is 18.6 Å². The number of methoxy groups -OCH3 is 1. The number of halogens is 1. The molecule has 0 amide bonds. The molecule has 2 nitrogen and oxygen atoms in total. The molecule has 1 fully saturated rings. The minimum absolute atomic E-state index is 0.00360. The van der Waals surface area contributed by atoms with Crippen molar-refractivity contribution in [2.24, 2.45) is 0 Å². The van der Waals surface area contributed by atoms with Crippen LogP contribution in [0.1, 0.15) is 17.3 Å². The van der Waals surface area contributed by atoms with E-state index in [0.717, 1.165) is 11.5 Å². The molecule has 1 aromatic rings. The van der Waals surface area contributed by atoms with Crippen LogP contribution in [0.15, 0.2) is 18.2 Å². The molecule has 0 saturated carbocycles. The number of hydrogen-bond acceptors (Lipinski definition) is 4. The molecule has 0 radical (unpaired) electrons. The third-order valence-corrected chi connectivity index (χ3v) is 6.20. The lowest BCUT2D eigenvalue weighted by atomic mass is 10.1. The van der Waals surface area contributed by atoms with Crippen molar-refractivity contribution in [3.8, 4) is 5.75 Å². The van der Waals surface area contributed by atoms with Crippen molar-refractivity contribution in [1.29, 1.82) is 0 Å². The molecule has 98 valence electrons. The van der Waals surface area contributed by atoms with Crippen molar-refractivity contribution in [3.63, 3.8) is 0 Å². The number of hydrogen-bond donors (Lipinski definition) is 0. The normalized spacial score (nSPS) is 23.7. The van der Waals surface area contributed by atoms with Gasteiger partial charge < -0.3 is 4.74 Å². The number of thioether (sulfide) groups is 2. The van der Waals surface area contributed by atoms with Gasteiger partial charge >= 0.3 is 0 Å². The van der Waals surface area contributed by atoms with Crippen LogP contribution in [-0.4, -0.2) is 34.9 Å². The van der Waals surface area contributed by atoms with E-state index in [0.29, 0.717) is 21.6 Å². The predicted octanol–water partition coefficient (Wildman–Crippen LogP) is 3.77. The number of carbonyl (C=O) groups excluding carboxylic acids is 1. The van der Waals surface area contributed by atoms with Gasteiger partial charge in [-0.15, -0.1) is 11.8 Å². The molecule has 0 aromatic heterocycles. The molecule has 1 aliphatic heterocycles.